The van der Waals surface area contributed by atoms with Gasteiger partial charge in [0.2, 0.25) is 0 Å². The average molecular weight is 227 g/mol. The highest BCUT2D eigenvalue weighted by Gasteiger charge is 2.11. The summed E-state index contributed by atoms with van der Waals surface area (Å²) >= 11 is 0. The van der Waals surface area contributed by atoms with Gasteiger partial charge in [-0.3, -0.25) is 0 Å². The first-order valence-electron chi connectivity index (χ1n) is 5.87. The Morgan fingerprint density at radius 1 is 1.12 bits per heavy atom. The predicted octanol–water partition coefficient (Wildman–Crippen LogP) is 3.77. The topological polar surface area (TPSA) is 12.0 Å². The van der Waals surface area contributed by atoms with Crippen LogP contribution in [0.5, 0.6) is 0 Å². The Hall–Kier alpha value is -1.83. The van der Waals surface area contributed by atoms with E-state index in [1.54, 1.807) is 6.07 Å². The molecule has 2 heteroatoms. The second kappa shape index (κ2) is 3.88. The molecule has 0 atom stereocenters. The third-order valence-electron chi connectivity index (χ3n) is 3.31. The van der Waals surface area contributed by atoms with Crippen LogP contribution in [0.2, 0.25) is 0 Å². The highest BCUT2D eigenvalue weighted by Crippen LogP contribution is 2.30. The molecule has 1 nitrogen and oxygen atoms in total. The first-order chi connectivity index (χ1) is 8.24. The third kappa shape index (κ3) is 1.80. The summed E-state index contributed by atoms with van der Waals surface area (Å²) in [6.07, 6.45) is 1.07. The number of hydrogen-bond donors (Lipinski definition) is 1. The minimum Gasteiger partial charge on any atom is -0.384 e. The average Bonchev–Trinajstić information content (AvgIpc) is 2.75. The molecule has 3 rings (SSSR count). The molecule has 1 heterocycles. The number of benzene rings is 2. The van der Waals surface area contributed by atoms with Gasteiger partial charge in [-0.25, -0.2) is 4.39 Å². The third-order valence-corrected chi connectivity index (χ3v) is 3.31. The van der Waals surface area contributed by atoms with E-state index < -0.39 is 0 Å². The zero-order valence-electron chi connectivity index (χ0n) is 9.76. The summed E-state index contributed by atoms with van der Waals surface area (Å²) in [4.78, 5) is 0. The Kier molecular flexibility index (Phi) is 2.36. The van der Waals surface area contributed by atoms with E-state index >= 15 is 0 Å². The van der Waals surface area contributed by atoms with Crippen molar-refractivity contribution in [2.45, 2.75) is 13.3 Å². The van der Waals surface area contributed by atoms with Gasteiger partial charge in [-0.1, -0.05) is 12.1 Å². The van der Waals surface area contributed by atoms with Gasteiger partial charge in [-0.05, 0) is 59.9 Å². The minimum absolute atomic E-state index is 0.172. The Bertz CT molecular complexity index is 575. The predicted molar refractivity (Wildman–Crippen MR) is 68.8 cm³/mol. The molecule has 0 saturated heterocycles. The summed E-state index contributed by atoms with van der Waals surface area (Å²) < 4.78 is 13.1. The summed E-state index contributed by atoms with van der Waals surface area (Å²) in [5, 5.41) is 3.34. The van der Waals surface area contributed by atoms with Crippen molar-refractivity contribution in [2.24, 2.45) is 0 Å². The van der Waals surface area contributed by atoms with Crippen molar-refractivity contribution in [3.05, 3.63) is 53.3 Å². The molecule has 1 N–H and O–H groups in total. The number of nitrogens with one attached hydrogen (secondary N) is 1. The van der Waals surface area contributed by atoms with Crippen LogP contribution >= 0.6 is 0 Å². The van der Waals surface area contributed by atoms with Gasteiger partial charge in [-0.15, -0.1) is 0 Å². The number of hydrogen-bond acceptors (Lipinski definition) is 1. The summed E-state index contributed by atoms with van der Waals surface area (Å²) in [5.41, 5.74) is 5.85. The molecular weight excluding hydrogens is 213 g/mol. The van der Waals surface area contributed by atoms with Crippen molar-refractivity contribution < 1.29 is 4.39 Å². The van der Waals surface area contributed by atoms with Crippen LogP contribution in [-0.2, 0) is 6.42 Å². The van der Waals surface area contributed by atoms with E-state index in [-0.39, 0.29) is 5.82 Å². The lowest BCUT2D eigenvalue weighted by molar-refractivity contribution is 0.627. The molecule has 2 aromatic rings. The first kappa shape index (κ1) is 10.3. The van der Waals surface area contributed by atoms with Crippen LogP contribution in [0.4, 0.5) is 10.1 Å². The number of halogens is 1. The van der Waals surface area contributed by atoms with E-state index in [0.29, 0.717) is 0 Å². The molecule has 1 aliphatic heterocycles. The quantitative estimate of drug-likeness (QED) is 0.782. The maximum atomic E-state index is 13.1. The summed E-state index contributed by atoms with van der Waals surface area (Å²) in [6.45, 7) is 2.96. The Morgan fingerprint density at radius 2 is 2.00 bits per heavy atom. The molecule has 0 aromatic heterocycles. The number of rotatable bonds is 1. The second-order valence-corrected chi connectivity index (χ2v) is 4.51. The molecule has 2 aromatic carbocycles. The fourth-order valence-corrected chi connectivity index (χ4v) is 2.42. The molecule has 0 spiro atoms. The lowest BCUT2D eigenvalue weighted by Crippen LogP contribution is -1.90. The Labute approximate surface area is 100 Å². The van der Waals surface area contributed by atoms with Crippen LogP contribution in [0, 0.1) is 12.7 Å². The Balaban J connectivity index is 2.09. The fraction of sp³-hybridized carbons (Fsp3) is 0.200. The SMILES string of the molecule is Cc1cc(F)ccc1-c1ccc2c(c1)CCN2. The summed E-state index contributed by atoms with van der Waals surface area (Å²) in [7, 11) is 0. The van der Waals surface area contributed by atoms with Crippen molar-refractivity contribution in [1.82, 2.24) is 0 Å². The van der Waals surface area contributed by atoms with Crippen molar-refractivity contribution in [1.29, 1.82) is 0 Å². The smallest absolute Gasteiger partial charge is 0.123 e. The minimum atomic E-state index is -0.172. The van der Waals surface area contributed by atoms with Crippen LogP contribution in [0.15, 0.2) is 36.4 Å². The highest BCUT2D eigenvalue weighted by atomic mass is 19.1. The summed E-state index contributed by atoms with van der Waals surface area (Å²) in [5.74, 6) is -0.172. The molecule has 0 aliphatic carbocycles. The normalized spacial score (nSPS) is 13.3. The van der Waals surface area contributed by atoms with Crippen molar-refractivity contribution in [3.63, 3.8) is 0 Å². The molecule has 17 heavy (non-hydrogen) atoms. The molecule has 1 aliphatic rings. The van der Waals surface area contributed by atoms with Crippen LogP contribution in [-0.4, -0.2) is 6.54 Å². The van der Waals surface area contributed by atoms with Crippen molar-refractivity contribution in [3.8, 4) is 11.1 Å². The van der Waals surface area contributed by atoms with E-state index in [9.17, 15) is 4.39 Å². The fourth-order valence-electron chi connectivity index (χ4n) is 2.42. The molecular formula is C15H14FN. The van der Waals surface area contributed by atoms with Gasteiger partial charge in [0.25, 0.3) is 0 Å². The van der Waals surface area contributed by atoms with Crippen LogP contribution in [0.1, 0.15) is 11.1 Å². The van der Waals surface area contributed by atoms with Gasteiger partial charge in [0.05, 0.1) is 0 Å². The maximum Gasteiger partial charge on any atom is 0.123 e. The standard InChI is InChI=1S/C15H14FN/c1-10-8-13(16)3-4-14(10)11-2-5-15-12(9-11)6-7-17-15/h2-5,8-9,17H,6-7H2,1H3. The van der Waals surface area contributed by atoms with Gasteiger partial charge in [0.1, 0.15) is 5.82 Å². The maximum absolute atomic E-state index is 13.1. The monoisotopic (exact) mass is 227 g/mol. The number of anilines is 1. The van der Waals surface area contributed by atoms with Gasteiger partial charge in [0, 0.05) is 12.2 Å². The molecule has 0 saturated carbocycles. The van der Waals surface area contributed by atoms with Gasteiger partial charge in [0.15, 0.2) is 0 Å². The van der Waals surface area contributed by atoms with Crippen molar-refractivity contribution >= 4 is 5.69 Å². The van der Waals surface area contributed by atoms with E-state index in [1.165, 1.54) is 22.9 Å². The van der Waals surface area contributed by atoms with Crippen LogP contribution < -0.4 is 5.32 Å². The lowest BCUT2D eigenvalue weighted by Gasteiger charge is -2.08. The second-order valence-electron chi connectivity index (χ2n) is 4.51. The highest BCUT2D eigenvalue weighted by molar-refractivity contribution is 5.72. The molecule has 0 fully saturated rings. The van der Waals surface area contributed by atoms with E-state index in [2.05, 4.69) is 23.5 Å². The lowest BCUT2D eigenvalue weighted by atomic mass is 9.98. The molecule has 0 amide bonds. The molecule has 86 valence electrons. The number of aryl methyl sites for hydroxylation is 1. The summed E-state index contributed by atoms with van der Waals surface area (Å²) in [6, 6.07) is 11.4. The first-order valence-corrected chi connectivity index (χ1v) is 5.87. The van der Waals surface area contributed by atoms with E-state index in [1.807, 2.05) is 13.0 Å². The largest absolute Gasteiger partial charge is 0.384 e. The van der Waals surface area contributed by atoms with Gasteiger partial charge < -0.3 is 5.32 Å². The zero-order chi connectivity index (χ0) is 11.8. The zero-order valence-corrected chi connectivity index (χ0v) is 9.76. The number of fused-ring (bicyclic) bond motifs is 1. The molecule has 0 bridgehead atoms. The van der Waals surface area contributed by atoms with Crippen LogP contribution in [0.25, 0.3) is 11.1 Å². The van der Waals surface area contributed by atoms with Crippen LogP contribution in [0.3, 0.4) is 0 Å². The van der Waals surface area contributed by atoms with Crippen molar-refractivity contribution in [2.75, 3.05) is 11.9 Å². The van der Waals surface area contributed by atoms with E-state index in [0.717, 1.165) is 24.1 Å². The molecule has 0 unspecified atom stereocenters. The van der Waals surface area contributed by atoms with E-state index in [4.69, 9.17) is 0 Å². The Morgan fingerprint density at radius 3 is 2.82 bits per heavy atom. The molecule has 0 radical (unpaired) electrons. The van der Waals surface area contributed by atoms with Gasteiger partial charge in [-0.2, -0.15) is 0 Å². The van der Waals surface area contributed by atoms with Gasteiger partial charge >= 0.3 is 0 Å².